The van der Waals surface area contributed by atoms with E-state index in [1.165, 1.54) is 36.7 Å². The number of halogens is 6. The van der Waals surface area contributed by atoms with Gasteiger partial charge < -0.3 is 23.3 Å². The van der Waals surface area contributed by atoms with Gasteiger partial charge in [-0.05, 0) is 119 Å². The van der Waals surface area contributed by atoms with Crippen molar-refractivity contribution in [3.05, 3.63) is 209 Å². The van der Waals surface area contributed by atoms with Crippen LogP contribution in [0.4, 0.5) is 26.3 Å². The van der Waals surface area contributed by atoms with Crippen molar-refractivity contribution in [2.75, 3.05) is 6.61 Å². The van der Waals surface area contributed by atoms with Gasteiger partial charge in [-0.1, -0.05) is 72.8 Å². The Morgan fingerprint density at radius 1 is 0.551 bits per heavy atom. The molecule has 0 unspecified atom stereocenters. The summed E-state index contributed by atoms with van der Waals surface area (Å²) >= 11 is 0. The molecule has 8 rings (SSSR count). The molecule has 2 heterocycles. The number of esters is 1. The number of carbonyl (C=O) groups excluding carboxylic acids is 2. The summed E-state index contributed by atoms with van der Waals surface area (Å²) in [6.07, 6.45) is -4.33. The highest BCUT2D eigenvalue weighted by Gasteiger charge is 2.31. The van der Waals surface area contributed by atoms with E-state index in [0.717, 1.165) is 52.1 Å². The van der Waals surface area contributed by atoms with E-state index in [1.54, 1.807) is 72.9 Å². The maximum atomic E-state index is 12.8. The third-order valence-electron chi connectivity index (χ3n) is 10.5. The normalized spacial score (nSPS) is 11.6. The second-order valence-electron chi connectivity index (χ2n) is 15.3. The largest absolute Gasteiger partial charge is 0.489 e. The molecular formula is C52H42F6N6O5. The maximum absolute atomic E-state index is 12.8. The summed E-state index contributed by atoms with van der Waals surface area (Å²) in [4.78, 5) is 24.6. The van der Waals surface area contributed by atoms with E-state index in [0.29, 0.717) is 39.6 Å². The molecule has 0 saturated carbocycles. The first-order valence-electron chi connectivity index (χ1n) is 21.2. The van der Waals surface area contributed by atoms with Gasteiger partial charge in [-0.3, -0.25) is 4.79 Å². The van der Waals surface area contributed by atoms with E-state index in [1.807, 2.05) is 60.7 Å². The molecule has 2 aromatic heterocycles. The molecule has 6 aromatic carbocycles. The molecule has 0 bridgehead atoms. The summed E-state index contributed by atoms with van der Waals surface area (Å²) in [5.41, 5.74) is 5.10. The smallest absolute Gasteiger partial charge is 0.416 e. The van der Waals surface area contributed by atoms with E-state index in [4.69, 9.17) is 14.2 Å². The highest BCUT2D eigenvalue weighted by molar-refractivity contribution is 6.06. The lowest BCUT2D eigenvalue weighted by Gasteiger charge is -2.11. The summed E-state index contributed by atoms with van der Waals surface area (Å²) in [5.74, 6) is 1.24. The number of hydrogen-bond acceptors (Lipinski definition) is 9. The van der Waals surface area contributed by atoms with Crippen molar-refractivity contribution in [2.24, 2.45) is 14.1 Å². The highest BCUT2D eigenvalue weighted by Crippen LogP contribution is 2.33. The second-order valence-corrected chi connectivity index (χ2v) is 15.3. The van der Waals surface area contributed by atoms with Gasteiger partial charge in [0.05, 0.1) is 17.7 Å². The van der Waals surface area contributed by atoms with Crippen LogP contribution >= 0.6 is 0 Å². The maximum Gasteiger partial charge on any atom is 0.416 e. The van der Waals surface area contributed by atoms with E-state index >= 15 is 0 Å². The number of benzene rings is 6. The van der Waals surface area contributed by atoms with Gasteiger partial charge in [0.25, 0.3) is 0 Å². The van der Waals surface area contributed by atoms with E-state index < -0.39 is 29.4 Å². The van der Waals surface area contributed by atoms with Crippen LogP contribution in [0.5, 0.6) is 11.5 Å². The minimum Gasteiger partial charge on any atom is -0.489 e. The lowest BCUT2D eigenvalue weighted by molar-refractivity contribution is -0.138. The minimum absolute atomic E-state index is 0.235. The highest BCUT2D eigenvalue weighted by atomic mass is 19.4. The lowest BCUT2D eigenvalue weighted by Crippen LogP contribution is -2.08. The molecule has 69 heavy (non-hydrogen) atoms. The summed E-state index contributed by atoms with van der Waals surface area (Å²) in [5, 5.41) is 15.5. The fourth-order valence-electron chi connectivity index (χ4n) is 6.87. The Bertz CT molecular complexity index is 3040. The number of nitrogens with zero attached hydrogens (tertiary/aromatic N) is 6. The minimum atomic E-state index is -4.37. The van der Waals surface area contributed by atoms with Crippen LogP contribution in [-0.2, 0) is 49.2 Å². The Kier molecular flexibility index (Phi) is 15.2. The summed E-state index contributed by atoms with van der Waals surface area (Å²) in [6.45, 7) is 2.53. The number of aryl methyl sites for hydroxylation is 2. The fourth-order valence-corrected chi connectivity index (χ4v) is 6.87. The summed E-state index contributed by atoms with van der Waals surface area (Å²) in [6, 6.07) is 38.9. The van der Waals surface area contributed by atoms with E-state index in [9.17, 15) is 35.9 Å². The first-order valence-corrected chi connectivity index (χ1v) is 21.2. The van der Waals surface area contributed by atoms with Crippen LogP contribution < -0.4 is 9.47 Å². The molecule has 0 N–H and O–H groups in total. The molecule has 0 saturated heterocycles. The zero-order valence-corrected chi connectivity index (χ0v) is 37.2. The zero-order valence-electron chi connectivity index (χ0n) is 37.2. The molecule has 0 fully saturated rings. The lowest BCUT2D eigenvalue weighted by atomic mass is 10.0. The quantitative estimate of drug-likeness (QED) is 0.0454. The Hall–Kier alpha value is -8.34. The van der Waals surface area contributed by atoms with Gasteiger partial charge in [0.1, 0.15) is 37.4 Å². The molecule has 0 amide bonds. The fraction of sp³-hybridized carbons (Fsp3) is 0.154. The van der Waals surface area contributed by atoms with E-state index in [-0.39, 0.29) is 31.4 Å². The molecule has 0 aliphatic carbocycles. The topological polar surface area (TPSA) is 123 Å². The first-order chi connectivity index (χ1) is 33.0. The first kappa shape index (κ1) is 48.6. The average molecular weight is 945 g/mol. The van der Waals surface area contributed by atoms with Crippen molar-refractivity contribution < 1.29 is 50.1 Å². The predicted molar refractivity (Wildman–Crippen MR) is 244 cm³/mol. The van der Waals surface area contributed by atoms with Crippen LogP contribution in [0.3, 0.4) is 0 Å². The van der Waals surface area contributed by atoms with Gasteiger partial charge in [-0.2, -0.15) is 26.3 Å². The molecule has 0 radical (unpaired) electrons. The van der Waals surface area contributed by atoms with E-state index in [2.05, 4.69) is 20.4 Å². The predicted octanol–water partition coefficient (Wildman–Crippen LogP) is 11.4. The molecule has 0 aliphatic heterocycles. The van der Waals surface area contributed by atoms with Crippen LogP contribution in [0.25, 0.3) is 27.8 Å². The number of carbonyl (C=O) groups is 2. The Morgan fingerprint density at radius 2 is 0.986 bits per heavy atom. The SMILES string of the molecule is CCOC(=O)/C=C(\c1ccc(OCc2cccc(-c3ccc(C(F)(F)F)cc3)c2)cc1)c1nncn1C.Cn1cnnc1C(=O)c1ccc(OCc2cccc(-c3ccc(C(F)(F)F)cc3)c2)cc1. The van der Waals surface area contributed by atoms with Gasteiger partial charge in [-0.15, -0.1) is 20.4 Å². The third-order valence-corrected chi connectivity index (χ3v) is 10.5. The Balaban J connectivity index is 0.000000206. The molecule has 352 valence electrons. The average Bonchev–Trinajstić information content (AvgIpc) is 3.99. The number of rotatable bonds is 14. The van der Waals surface area contributed by atoms with Crippen LogP contribution in [0.1, 0.15) is 56.7 Å². The molecule has 11 nitrogen and oxygen atoms in total. The second kappa shape index (κ2) is 21.5. The standard InChI is InChI=1S/C28H24F3N3O3.C24H18F3N3O2/c1-3-36-26(35)16-25(27-33-32-18-34(27)2)21-9-13-24(14-10-21)37-17-19-5-4-6-22(15-19)20-7-11-23(12-8-20)28(29,30)31;1-30-15-28-29-23(30)22(31)18-7-11-21(12-8-18)32-14-16-3-2-4-19(13-16)17-5-9-20(10-6-17)24(25,26)27/h4-16,18H,3,17H2,1-2H3;2-13,15H,14H2,1H3/b25-16+;. The van der Waals surface area contributed by atoms with Gasteiger partial charge in [0.15, 0.2) is 5.82 Å². The van der Waals surface area contributed by atoms with Crippen LogP contribution in [0.2, 0.25) is 0 Å². The van der Waals surface area contributed by atoms with Gasteiger partial charge >= 0.3 is 18.3 Å². The van der Waals surface area contributed by atoms with Gasteiger partial charge in [0, 0.05) is 31.3 Å². The van der Waals surface area contributed by atoms with Crippen molar-refractivity contribution in [1.29, 1.82) is 0 Å². The van der Waals surface area contributed by atoms with Crippen molar-refractivity contribution in [2.45, 2.75) is 32.5 Å². The molecule has 8 aromatic rings. The molecule has 0 aliphatic rings. The van der Waals surface area contributed by atoms with Crippen molar-refractivity contribution in [3.8, 4) is 33.8 Å². The molecule has 17 heteroatoms. The van der Waals surface area contributed by atoms with Crippen molar-refractivity contribution >= 4 is 17.3 Å². The number of alkyl halides is 6. The zero-order chi connectivity index (χ0) is 49.1. The Labute approximate surface area is 392 Å². The number of hydrogen-bond donors (Lipinski definition) is 0. The van der Waals surface area contributed by atoms with Crippen LogP contribution in [-0.4, -0.2) is 47.9 Å². The summed E-state index contributed by atoms with van der Waals surface area (Å²) < 4.78 is 96.9. The Morgan fingerprint density at radius 3 is 1.39 bits per heavy atom. The number of ketones is 1. The molecular weight excluding hydrogens is 903 g/mol. The third kappa shape index (κ3) is 12.8. The molecule has 0 atom stereocenters. The van der Waals surface area contributed by atoms with Crippen LogP contribution in [0.15, 0.2) is 164 Å². The summed E-state index contributed by atoms with van der Waals surface area (Å²) in [7, 11) is 3.48. The number of ether oxygens (including phenoxy) is 3. The van der Waals surface area contributed by atoms with Crippen molar-refractivity contribution in [1.82, 2.24) is 29.5 Å². The van der Waals surface area contributed by atoms with Gasteiger partial charge in [0.2, 0.25) is 11.6 Å². The van der Waals surface area contributed by atoms with Gasteiger partial charge in [-0.25, -0.2) is 4.79 Å². The monoisotopic (exact) mass is 944 g/mol. The molecule has 0 spiro atoms. The van der Waals surface area contributed by atoms with Crippen molar-refractivity contribution in [3.63, 3.8) is 0 Å². The van der Waals surface area contributed by atoms with Crippen LogP contribution in [0, 0.1) is 0 Å². The number of aromatic nitrogens is 6.